The van der Waals surface area contributed by atoms with Crippen LogP contribution >= 0.6 is 11.6 Å². The Balaban J connectivity index is 2.36. The third-order valence-corrected chi connectivity index (χ3v) is 4.54. The Morgan fingerprint density at radius 1 is 1.00 bits per heavy atom. The molecule has 1 aromatic carbocycles. The van der Waals surface area contributed by atoms with Crippen molar-refractivity contribution in [2.24, 2.45) is 0 Å². The van der Waals surface area contributed by atoms with Crippen molar-refractivity contribution in [2.75, 3.05) is 0 Å². The molecule has 0 atom stereocenters. The summed E-state index contributed by atoms with van der Waals surface area (Å²) in [7, 11) is -0.341. The number of rotatable bonds is 1. The second-order valence-corrected chi connectivity index (χ2v) is 6.44. The molecule has 0 aromatic heterocycles. The summed E-state index contributed by atoms with van der Waals surface area (Å²) >= 11 is 6.23. The van der Waals surface area contributed by atoms with E-state index in [1.165, 1.54) is 0 Å². The van der Waals surface area contributed by atoms with Crippen molar-refractivity contribution in [3.05, 3.63) is 28.3 Å². The smallest absolute Gasteiger partial charge is 0.399 e. The van der Waals surface area contributed by atoms with E-state index in [0.29, 0.717) is 0 Å². The van der Waals surface area contributed by atoms with Gasteiger partial charge in [0.2, 0.25) is 0 Å². The molecular formula is C14H20BClO2. The van der Waals surface area contributed by atoms with E-state index in [-0.39, 0.29) is 18.3 Å². The first kappa shape index (κ1) is 13.9. The fourth-order valence-corrected chi connectivity index (χ4v) is 2.23. The molecule has 1 aromatic rings. The Hall–Kier alpha value is -0.505. The molecular weight excluding hydrogens is 246 g/mol. The zero-order chi connectivity index (χ0) is 13.7. The first-order valence-electron chi connectivity index (χ1n) is 6.26. The Kier molecular flexibility index (Phi) is 3.29. The molecule has 1 aliphatic heterocycles. The van der Waals surface area contributed by atoms with E-state index in [1.807, 2.05) is 13.0 Å². The average Bonchev–Trinajstić information content (AvgIpc) is 2.44. The van der Waals surface area contributed by atoms with E-state index in [4.69, 9.17) is 20.9 Å². The Labute approximate surface area is 115 Å². The van der Waals surface area contributed by atoms with Crippen LogP contribution in [0.15, 0.2) is 12.1 Å². The largest absolute Gasteiger partial charge is 0.494 e. The van der Waals surface area contributed by atoms with Crippen molar-refractivity contribution in [2.45, 2.75) is 52.7 Å². The highest BCUT2D eigenvalue weighted by atomic mass is 35.5. The summed E-state index contributed by atoms with van der Waals surface area (Å²) in [5.41, 5.74) is 2.62. The molecule has 2 rings (SSSR count). The van der Waals surface area contributed by atoms with Crippen LogP contribution in [0.25, 0.3) is 0 Å². The van der Waals surface area contributed by atoms with Crippen LogP contribution in [0.1, 0.15) is 38.8 Å². The number of hydrogen-bond donors (Lipinski definition) is 0. The molecule has 18 heavy (non-hydrogen) atoms. The number of hydrogen-bond acceptors (Lipinski definition) is 2. The molecule has 0 N–H and O–H groups in total. The second-order valence-electron chi connectivity index (χ2n) is 6.03. The quantitative estimate of drug-likeness (QED) is 0.727. The third-order valence-electron chi connectivity index (χ3n) is 4.15. The average molecular weight is 267 g/mol. The van der Waals surface area contributed by atoms with Crippen LogP contribution in [-0.4, -0.2) is 18.3 Å². The molecule has 1 aliphatic rings. The molecule has 0 aliphatic carbocycles. The number of halogens is 1. The Morgan fingerprint density at radius 3 is 1.94 bits per heavy atom. The summed E-state index contributed by atoms with van der Waals surface area (Å²) in [6.07, 6.45) is 0. The normalized spacial score (nSPS) is 21.4. The minimum Gasteiger partial charge on any atom is -0.399 e. The van der Waals surface area contributed by atoms with Gasteiger partial charge in [-0.3, -0.25) is 0 Å². The van der Waals surface area contributed by atoms with Crippen molar-refractivity contribution < 1.29 is 9.31 Å². The summed E-state index contributed by atoms with van der Waals surface area (Å²) in [6, 6.07) is 4.02. The van der Waals surface area contributed by atoms with Gasteiger partial charge in [0.1, 0.15) is 0 Å². The lowest BCUT2D eigenvalue weighted by Gasteiger charge is -2.32. The fraction of sp³-hybridized carbons (Fsp3) is 0.571. The summed E-state index contributed by atoms with van der Waals surface area (Å²) in [5, 5.41) is 0.764. The third kappa shape index (κ3) is 2.20. The molecule has 0 saturated carbocycles. The van der Waals surface area contributed by atoms with E-state index in [2.05, 4.69) is 40.7 Å². The molecule has 2 nitrogen and oxygen atoms in total. The van der Waals surface area contributed by atoms with Crippen molar-refractivity contribution >= 4 is 24.2 Å². The van der Waals surface area contributed by atoms with Crippen LogP contribution in [0, 0.1) is 13.8 Å². The van der Waals surface area contributed by atoms with Crippen LogP contribution in [0.3, 0.4) is 0 Å². The topological polar surface area (TPSA) is 18.5 Å². The van der Waals surface area contributed by atoms with Crippen LogP contribution < -0.4 is 5.46 Å². The van der Waals surface area contributed by atoms with E-state index >= 15 is 0 Å². The summed E-state index contributed by atoms with van der Waals surface area (Å²) < 4.78 is 12.0. The molecule has 4 heteroatoms. The van der Waals surface area contributed by atoms with Gasteiger partial charge in [0, 0.05) is 5.02 Å². The highest BCUT2D eigenvalue weighted by molar-refractivity contribution is 6.62. The summed E-state index contributed by atoms with van der Waals surface area (Å²) in [6.45, 7) is 12.3. The predicted octanol–water partition coefficient (Wildman–Crippen LogP) is 3.26. The SMILES string of the molecule is Cc1cc(B2OC(C)(C)C(C)(C)O2)cc(Cl)c1C. The Morgan fingerprint density at radius 2 is 1.50 bits per heavy atom. The lowest BCUT2D eigenvalue weighted by atomic mass is 9.78. The van der Waals surface area contributed by atoms with Gasteiger partial charge in [-0.1, -0.05) is 17.7 Å². The first-order valence-corrected chi connectivity index (χ1v) is 6.64. The maximum absolute atomic E-state index is 6.23. The van der Waals surface area contributed by atoms with Gasteiger partial charge in [-0.25, -0.2) is 0 Å². The van der Waals surface area contributed by atoms with E-state index in [0.717, 1.165) is 21.6 Å². The predicted molar refractivity (Wildman–Crippen MR) is 76.6 cm³/mol. The van der Waals surface area contributed by atoms with Crippen molar-refractivity contribution in [1.29, 1.82) is 0 Å². The van der Waals surface area contributed by atoms with Crippen molar-refractivity contribution in [3.63, 3.8) is 0 Å². The molecule has 0 radical (unpaired) electrons. The van der Waals surface area contributed by atoms with Crippen molar-refractivity contribution in [3.8, 4) is 0 Å². The summed E-state index contributed by atoms with van der Waals surface area (Å²) in [5.74, 6) is 0. The molecule has 0 unspecified atom stereocenters. The van der Waals surface area contributed by atoms with Crippen molar-refractivity contribution in [1.82, 2.24) is 0 Å². The monoisotopic (exact) mass is 266 g/mol. The van der Waals surface area contributed by atoms with E-state index < -0.39 is 0 Å². The fourth-order valence-electron chi connectivity index (χ4n) is 1.96. The number of benzene rings is 1. The zero-order valence-electron chi connectivity index (χ0n) is 11.9. The lowest BCUT2D eigenvalue weighted by molar-refractivity contribution is 0.00578. The standard InChI is InChI=1S/C14H20BClO2/c1-9-7-11(8-12(16)10(9)2)15-17-13(3,4)14(5,6)18-15/h7-8H,1-6H3. The van der Waals surface area contributed by atoms with Crippen LogP contribution in [0.2, 0.25) is 5.02 Å². The van der Waals surface area contributed by atoms with Gasteiger partial charge in [0.25, 0.3) is 0 Å². The lowest BCUT2D eigenvalue weighted by Crippen LogP contribution is -2.41. The second kappa shape index (κ2) is 4.26. The highest BCUT2D eigenvalue weighted by Gasteiger charge is 2.51. The summed E-state index contributed by atoms with van der Waals surface area (Å²) in [4.78, 5) is 0. The van der Waals surface area contributed by atoms with Gasteiger partial charge in [-0.05, 0) is 64.2 Å². The minimum absolute atomic E-state index is 0.317. The molecule has 0 amide bonds. The highest BCUT2D eigenvalue weighted by Crippen LogP contribution is 2.36. The van der Waals surface area contributed by atoms with Gasteiger partial charge < -0.3 is 9.31 Å². The van der Waals surface area contributed by atoms with Crippen LogP contribution in [-0.2, 0) is 9.31 Å². The van der Waals surface area contributed by atoms with Gasteiger partial charge in [0.05, 0.1) is 11.2 Å². The molecule has 0 spiro atoms. The van der Waals surface area contributed by atoms with Gasteiger partial charge in [0.15, 0.2) is 0 Å². The molecule has 0 bridgehead atoms. The maximum atomic E-state index is 6.23. The van der Waals surface area contributed by atoms with Gasteiger partial charge in [-0.2, -0.15) is 0 Å². The Bertz CT molecular complexity index is 444. The molecule has 1 fully saturated rings. The molecule has 1 heterocycles. The maximum Gasteiger partial charge on any atom is 0.494 e. The first-order chi connectivity index (χ1) is 8.14. The van der Waals surface area contributed by atoms with E-state index in [1.54, 1.807) is 0 Å². The van der Waals surface area contributed by atoms with Crippen LogP contribution in [0.4, 0.5) is 0 Å². The molecule has 1 saturated heterocycles. The van der Waals surface area contributed by atoms with Gasteiger partial charge in [-0.15, -0.1) is 0 Å². The van der Waals surface area contributed by atoms with Crippen LogP contribution in [0.5, 0.6) is 0 Å². The van der Waals surface area contributed by atoms with Gasteiger partial charge >= 0.3 is 7.12 Å². The number of aryl methyl sites for hydroxylation is 1. The minimum atomic E-state index is -0.341. The molecule has 98 valence electrons. The zero-order valence-corrected chi connectivity index (χ0v) is 12.7. The van der Waals surface area contributed by atoms with E-state index in [9.17, 15) is 0 Å².